The molecule has 0 rings (SSSR count). The van der Waals surface area contributed by atoms with E-state index in [2.05, 4.69) is 4.18 Å². The van der Waals surface area contributed by atoms with Crippen molar-refractivity contribution in [2.24, 2.45) is 11.5 Å². The van der Waals surface area contributed by atoms with Crippen molar-refractivity contribution in [1.29, 1.82) is 0 Å². The summed E-state index contributed by atoms with van der Waals surface area (Å²) in [5, 5.41) is 0. The van der Waals surface area contributed by atoms with Crippen molar-refractivity contribution in [1.82, 2.24) is 0 Å². The zero-order valence-corrected chi connectivity index (χ0v) is 7.50. The summed E-state index contributed by atoms with van der Waals surface area (Å²) in [4.78, 5) is 10.4. The van der Waals surface area contributed by atoms with Gasteiger partial charge in [-0.25, -0.2) is 0 Å². The van der Waals surface area contributed by atoms with Gasteiger partial charge in [-0.05, 0) is 6.42 Å². The molecular weight excluding hydrogens is 184 g/mol. The summed E-state index contributed by atoms with van der Waals surface area (Å²) in [6, 6.07) is -0.935. The van der Waals surface area contributed by atoms with Gasteiger partial charge in [0.05, 0.1) is 18.9 Å². The maximum absolute atomic E-state index is 10.7. The van der Waals surface area contributed by atoms with Gasteiger partial charge in [-0.1, -0.05) is 0 Å². The van der Waals surface area contributed by atoms with Crippen molar-refractivity contribution < 1.29 is 17.4 Å². The van der Waals surface area contributed by atoms with Gasteiger partial charge >= 0.3 is 0 Å². The number of hydrogen-bond donors (Lipinski definition) is 2. The summed E-state index contributed by atoms with van der Waals surface area (Å²) in [5.41, 5.74) is 9.99. The van der Waals surface area contributed by atoms with Gasteiger partial charge in [0, 0.05) is 0 Å². The van der Waals surface area contributed by atoms with Crippen LogP contribution in [0.15, 0.2) is 0 Å². The summed E-state index contributed by atoms with van der Waals surface area (Å²) in [7, 11) is -2.49. The molecule has 0 aromatic carbocycles. The molecule has 0 saturated carbocycles. The maximum Gasteiger partial charge on any atom is 0.267 e. The fourth-order valence-electron chi connectivity index (χ4n) is 0.497. The first kappa shape index (κ1) is 11.3. The minimum Gasteiger partial charge on any atom is -0.368 e. The SMILES string of the molecule is COS(=O)(=O)CC[C@H](N)C(N)=O. The Hall–Kier alpha value is -0.660. The molecule has 0 aromatic heterocycles. The third kappa shape index (κ3) is 4.27. The molecule has 0 aliphatic rings. The molecule has 0 spiro atoms. The van der Waals surface area contributed by atoms with Crippen LogP contribution in [0.5, 0.6) is 0 Å². The highest BCUT2D eigenvalue weighted by Crippen LogP contribution is 1.96. The molecule has 7 heteroatoms. The molecule has 0 fully saturated rings. The molecule has 0 unspecified atom stereocenters. The second-order valence-electron chi connectivity index (χ2n) is 2.23. The topological polar surface area (TPSA) is 112 Å². The van der Waals surface area contributed by atoms with Gasteiger partial charge in [-0.15, -0.1) is 0 Å². The first-order valence-electron chi connectivity index (χ1n) is 3.22. The third-order valence-electron chi connectivity index (χ3n) is 1.30. The summed E-state index contributed by atoms with van der Waals surface area (Å²) in [6.07, 6.45) is -0.0223. The lowest BCUT2D eigenvalue weighted by atomic mass is 10.2. The predicted molar refractivity (Wildman–Crippen MR) is 42.6 cm³/mol. The van der Waals surface area contributed by atoms with E-state index in [0.717, 1.165) is 7.11 Å². The van der Waals surface area contributed by atoms with Crippen molar-refractivity contribution in [3.05, 3.63) is 0 Å². The van der Waals surface area contributed by atoms with E-state index < -0.39 is 22.1 Å². The molecule has 0 radical (unpaired) electrons. The van der Waals surface area contributed by atoms with E-state index in [0.29, 0.717) is 0 Å². The highest BCUT2D eigenvalue weighted by molar-refractivity contribution is 7.86. The number of nitrogens with two attached hydrogens (primary N) is 2. The van der Waals surface area contributed by atoms with Crippen LogP contribution in [0.1, 0.15) is 6.42 Å². The molecule has 72 valence electrons. The van der Waals surface area contributed by atoms with E-state index >= 15 is 0 Å². The second kappa shape index (κ2) is 4.39. The molecule has 6 nitrogen and oxygen atoms in total. The van der Waals surface area contributed by atoms with Crippen molar-refractivity contribution in [2.75, 3.05) is 12.9 Å². The zero-order chi connectivity index (χ0) is 9.78. The van der Waals surface area contributed by atoms with E-state index in [1.54, 1.807) is 0 Å². The van der Waals surface area contributed by atoms with Crippen LogP contribution in [0.2, 0.25) is 0 Å². The molecule has 12 heavy (non-hydrogen) atoms. The summed E-state index contributed by atoms with van der Waals surface area (Å²) < 4.78 is 25.5. The van der Waals surface area contributed by atoms with Crippen LogP contribution in [0.4, 0.5) is 0 Å². The average Bonchev–Trinajstić information content (AvgIpc) is 2.00. The van der Waals surface area contributed by atoms with Crippen LogP contribution in [0.25, 0.3) is 0 Å². The Morgan fingerprint density at radius 1 is 1.58 bits per heavy atom. The number of hydrogen-bond acceptors (Lipinski definition) is 5. The number of carbonyl (C=O) groups is 1. The fourth-order valence-corrected chi connectivity index (χ4v) is 1.21. The number of rotatable bonds is 5. The van der Waals surface area contributed by atoms with E-state index in [4.69, 9.17) is 11.5 Å². The molecule has 0 heterocycles. The monoisotopic (exact) mass is 196 g/mol. The molecule has 0 bridgehead atoms. The molecule has 0 saturated heterocycles. The van der Waals surface area contributed by atoms with Crippen molar-refractivity contribution >= 4 is 16.0 Å². The molecule has 4 N–H and O–H groups in total. The van der Waals surface area contributed by atoms with Gasteiger partial charge < -0.3 is 11.5 Å². The number of primary amides is 1. The lowest BCUT2D eigenvalue weighted by Gasteiger charge is -2.05. The van der Waals surface area contributed by atoms with Gasteiger partial charge in [0.25, 0.3) is 10.1 Å². The summed E-state index contributed by atoms with van der Waals surface area (Å²) in [6.45, 7) is 0. The molecule has 1 atom stereocenters. The van der Waals surface area contributed by atoms with Gasteiger partial charge in [-0.2, -0.15) is 8.42 Å². The van der Waals surface area contributed by atoms with Gasteiger partial charge in [-0.3, -0.25) is 8.98 Å². The van der Waals surface area contributed by atoms with Crippen LogP contribution >= 0.6 is 0 Å². The Balaban J connectivity index is 3.92. The fraction of sp³-hybridized carbons (Fsp3) is 0.800. The zero-order valence-electron chi connectivity index (χ0n) is 6.69. The number of amides is 1. The van der Waals surface area contributed by atoms with E-state index in [1.807, 2.05) is 0 Å². The largest absolute Gasteiger partial charge is 0.368 e. The predicted octanol–water partition coefficient (Wildman–Crippen LogP) is -1.83. The minimum absolute atomic E-state index is 0.0223. The quantitative estimate of drug-likeness (QED) is 0.502. The molecule has 0 aromatic rings. The first-order valence-corrected chi connectivity index (χ1v) is 4.80. The lowest BCUT2D eigenvalue weighted by molar-refractivity contribution is -0.119. The van der Waals surface area contributed by atoms with E-state index in [1.165, 1.54) is 0 Å². The third-order valence-corrected chi connectivity index (χ3v) is 2.54. The second-order valence-corrected chi connectivity index (χ2v) is 4.08. The summed E-state index contributed by atoms with van der Waals surface area (Å²) >= 11 is 0. The smallest absolute Gasteiger partial charge is 0.267 e. The Morgan fingerprint density at radius 3 is 2.42 bits per heavy atom. The molecule has 1 amide bonds. The van der Waals surface area contributed by atoms with Crippen LogP contribution < -0.4 is 11.5 Å². The Bertz CT molecular complexity index is 248. The normalized spacial score (nSPS) is 14.2. The van der Waals surface area contributed by atoms with Gasteiger partial charge in [0.2, 0.25) is 5.91 Å². The number of carbonyl (C=O) groups excluding carboxylic acids is 1. The van der Waals surface area contributed by atoms with Crippen molar-refractivity contribution in [3.63, 3.8) is 0 Å². The van der Waals surface area contributed by atoms with E-state index in [-0.39, 0.29) is 12.2 Å². The average molecular weight is 196 g/mol. The van der Waals surface area contributed by atoms with Crippen LogP contribution in [-0.4, -0.2) is 33.2 Å². The summed E-state index contributed by atoms with van der Waals surface area (Å²) in [5.74, 6) is -1.02. The standard InChI is InChI=1S/C5H12N2O4S/c1-11-12(9,10)3-2-4(6)5(7)8/h4H,2-3,6H2,1H3,(H2,7,8)/t4-/m0/s1. The lowest BCUT2D eigenvalue weighted by Crippen LogP contribution is -2.37. The van der Waals surface area contributed by atoms with E-state index in [9.17, 15) is 13.2 Å². The van der Waals surface area contributed by atoms with Crippen molar-refractivity contribution in [3.8, 4) is 0 Å². The Morgan fingerprint density at radius 2 is 2.08 bits per heavy atom. The van der Waals surface area contributed by atoms with Crippen molar-refractivity contribution in [2.45, 2.75) is 12.5 Å². The molecular formula is C5H12N2O4S. The Kier molecular flexibility index (Phi) is 4.15. The maximum atomic E-state index is 10.7. The molecule has 0 aliphatic heterocycles. The Labute approximate surface area is 71.0 Å². The van der Waals surface area contributed by atoms with Crippen LogP contribution in [0.3, 0.4) is 0 Å². The van der Waals surface area contributed by atoms with Crippen LogP contribution in [-0.2, 0) is 19.1 Å². The van der Waals surface area contributed by atoms with Crippen LogP contribution in [0, 0.1) is 0 Å². The van der Waals surface area contributed by atoms with Gasteiger partial charge in [0.15, 0.2) is 0 Å². The highest BCUT2D eigenvalue weighted by atomic mass is 32.2. The highest BCUT2D eigenvalue weighted by Gasteiger charge is 2.15. The first-order chi connectivity index (χ1) is 5.39. The molecule has 0 aliphatic carbocycles. The van der Waals surface area contributed by atoms with Gasteiger partial charge in [0.1, 0.15) is 0 Å². The minimum atomic E-state index is -3.54.